The van der Waals surface area contributed by atoms with E-state index in [0.29, 0.717) is 6.54 Å². The highest BCUT2D eigenvalue weighted by atomic mass is 16.2. The lowest BCUT2D eigenvalue weighted by atomic mass is 10.3. The average Bonchev–Trinajstić information content (AvgIpc) is 2.17. The van der Waals surface area contributed by atoms with Crippen LogP contribution in [-0.4, -0.2) is 38.5 Å². The Morgan fingerprint density at radius 3 is 2.21 bits per heavy atom. The number of hydrogen-bond donors (Lipinski definition) is 0. The van der Waals surface area contributed by atoms with Gasteiger partial charge in [-0.2, -0.15) is 0 Å². The van der Waals surface area contributed by atoms with Gasteiger partial charge in [0.05, 0.1) is 6.54 Å². The van der Waals surface area contributed by atoms with Gasteiger partial charge < -0.3 is 9.80 Å². The fourth-order valence-corrected chi connectivity index (χ4v) is 1.17. The Morgan fingerprint density at radius 1 is 1.14 bits per heavy atom. The summed E-state index contributed by atoms with van der Waals surface area (Å²) in [7, 11) is 5.56. The smallest absolute Gasteiger partial charge is 0.240 e. The molecule has 0 saturated heterocycles. The van der Waals surface area contributed by atoms with Gasteiger partial charge in [0.2, 0.25) is 5.91 Å². The van der Waals surface area contributed by atoms with Gasteiger partial charge in [0.25, 0.3) is 0 Å². The summed E-state index contributed by atoms with van der Waals surface area (Å²) in [6, 6.07) is 9.64. The predicted molar refractivity (Wildman–Crippen MR) is 58.4 cm³/mol. The molecule has 0 aliphatic rings. The van der Waals surface area contributed by atoms with Gasteiger partial charge in [-0.3, -0.25) is 4.79 Å². The van der Waals surface area contributed by atoms with Crippen LogP contribution in [0.5, 0.6) is 0 Å². The molecule has 1 amide bonds. The standard InChI is InChI=1S/C11H16N2O/c1-12(2)9-11(14)13(3)10-7-5-4-6-8-10/h4-8H,9H2,1-3H3. The normalized spacial score (nSPS) is 10.3. The van der Waals surface area contributed by atoms with Gasteiger partial charge in [-0.15, -0.1) is 0 Å². The summed E-state index contributed by atoms with van der Waals surface area (Å²) in [5, 5.41) is 0. The van der Waals surface area contributed by atoms with Crippen molar-refractivity contribution >= 4 is 11.6 Å². The molecule has 0 spiro atoms. The van der Waals surface area contributed by atoms with Crippen molar-refractivity contribution in [1.29, 1.82) is 0 Å². The second kappa shape index (κ2) is 4.77. The fourth-order valence-electron chi connectivity index (χ4n) is 1.17. The Bertz CT molecular complexity index is 295. The summed E-state index contributed by atoms with van der Waals surface area (Å²) in [6.07, 6.45) is 0. The van der Waals surface area contributed by atoms with Crippen LogP contribution in [0.3, 0.4) is 0 Å². The Morgan fingerprint density at radius 2 is 1.71 bits per heavy atom. The van der Waals surface area contributed by atoms with Crippen molar-refractivity contribution < 1.29 is 4.79 Å². The highest BCUT2D eigenvalue weighted by Crippen LogP contribution is 2.10. The van der Waals surface area contributed by atoms with Crippen molar-refractivity contribution in [1.82, 2.24) is 4.90 Å². The number of carbonyl (C=O) groups is 1. The van der Waals surface area contributed by atoms with Gasteiger partial charge >= 0.3 is 0 Å². The van der Waals surface area contributed by atoms with Crippen LogP contribution >= 0.6 is 0 Å². The van der Waals surface area contributed by atoms with Crippen molar-refractivity contribution in [2.45, 2.75) is 0 Å². The maximum atomic E-state index is 11.6. The van der Waals surface area contributed by atoms with Crippen LogP contribution in [0.2, 0.25) is 0 Å². The first-order valence-corrected chi connectivity index (χ1v) is 4.57. The van der Waals surface area contributed by atoms with Crippen molar-refractivity contribution in [3.05, 3.63) is 30.3 Å². The molecule has 1 aromatic carbocycles. The topological polar surface area (TPSA) is 23.6 Å². The van der Waals surface area contributed by atoms with Crippen LogP contribution in [0.15, 0.2) is 30.3 Å². The summed E-state index contributed by atoms with van der Waals surface area (Å²) in [6.45, 7) is 0.436. The van der Waals surface area contributed by atoms with E-state index >= 15 is 0 Å². The molecule has 0 heterocycles. The number of hydrogen-bond acceptors (Lipinski definition) is 2. The molecule has 0 unspecified atom stereocenters. The lowest BCUT2D eigenvalue weighted by Gasteiger charge is -2.19. The van der Waals surface area contributed by atoms with Crippen molar-refractivity contribution in [2.75, 3.05) is 32.6 Å². The van der Waals surface area contributed by atoms with Crippen molar-refractivity contribution in [2.24, 2.45) is 0 Å². The molecule has 0 aromatic heterocycles. The van der Waals surface area contributed by atoms with Crippen LogP contribution in [0.4, 0.5) is 5.69 Å². The molecule has 1 aromatic rings. The maximum Gasteiger partial charge on any atom is 0.240 e. The first kappa shape index (κ1) is 10.7. The third kappa shape index (κ3) is 2.85. The summed E-state index contributed by atoms with van der Waals surface area (Å²) < 4.78 is 0. The molecule has 0 aliphatic heterocycles. The largest absolute Gasteiger partial charge is 0.314 e. The van der Waals surface area contributed by atoms with Gasteiger partial charge in [0.15, 0.2) is 0 Å². The Balaban J connectivity index is 2.66. The molecule has 0 N–H and O–H groups in total. The Kier molecular flexibility index (Phi) is 3.65. The molecule has 3 heteroatoms. The van der Waals surface area contributed by atoms with E-state index in [1.165, 1.54) is 0 Å². The molecular weight excluding hydrogens is 176 g/mol. The van der Waals surface area contributed by atoms with Crippen molar-refractivity contribution in [3.63, 3.8) is 0 Å². The maximum absolute atomic E-state index is 11.6. The highest BCUT2D eigenvalue weighted by Gasteiger charge is 2.10. The molecule has 0 fully saturated rings. The van der Waals surface area contributed by atoms with E-state index in [1.807, 2.05) is 49.3 Å². The zero-order chi connectivity index (χ0) is 10.6. The minimum Gasteiger partial charge on any atom is -0.314 e. The molecule has 0 atom stereocenters. The molecule has 1 rings (SSSR count). The van der Waals surface area contributed by atoms with E-state index in [2.05, 4.69) is 0 Å². The molecule has 14 heavy (non-hydrogen) atoms. The zero-order valence-corrected chi connectivity index (χ0v) is 8.90. The first-order chi connectivity index (χ1) is 6.61. The van der Waals surface area contributed by atoms with Gasteiger partial charge in [-0.1, -0.05) is 18.2 Å². The summed E-state index contributed by atoms with van der Waals surface area (Å²) in [5.41, 5.74) is 0.930. The van der Waals surface area contributed by atoms with Crippen LogP contribution < -0.4 is 4.90 Å². The van der Waals surface area contributed by atoms with Gasteiger partial charge in [0.1, 0.15) is 0 Å². The fraction of sp³-hybridized carbons (Fsp3) is 0.364. The van der Waals surface area contributed by atoms with Crippen LogP contribution in [0.1, 0.15) is 0 Å². The predicted octanol–water partition coefficient (Wildman–Crippen LogP) is 1.21. The van der Waals surface area contributed by atoms with Crippen LogP contribution in [-0.2, 0) is 4.79 Å². The Labute approximate surface area is 84.9 Å². The van der Waals surface area contributed by atoms with E-state index < -0.39 is 0 Å². The molecule has 0 radical (unpaired) electrons. The van der Waals surface area contributed by atoms with E-state index in [1.54, 1.807) is 11.9 Å². The molecule has 0 saturated carbocycles. The molecule has 3 nitrogen and oxygen atoms in total. The van der Waals surface area contributed by atoms with Crippen LogP contribution in [0.25, 0.3) is 0 Å². The van der Waals surface area contributed by atoms with E-state index in [-0.39, 0.29) is 5.91 Å². The number of likely N-dealkylation sites (N-methyl/N-ethyl adjacent to an activating group) is 2. The lowest BCUT2D eigenvalue weighted by Crippen LogP contribution is -2.34. The minimum absolute atomic E-state index is 0.0983. The first-order valence-electron chi connectivity index (χ1n) is 4.57. The lowest BCUT2D eigenvalue weighted by molar-refractivity contribution is -0.118. The molecule has 76 valence electrons. The van der Waals surface area contributed by atoms with Gasteiger partial charge in [-0.05, 0) is 26.2 Å². The molecule has 0 bridgehead atoms. The van der Waals surface area contributed by atoms with Crippen LogP contribution in [0, 0.1) is 0 Å². The number of nitrogens with zero attached hydrogens (tertiary/aromatic N) is 2. The monoisotopic (exact) mass is 192 g/mol. The summed E-state index contributed by atoms with van der Waals surface area (Å²) in [4.78, 5) is 15.2. The number of rotatable bonds is 3. The second-order valence-electron chi connectivity index (χ2n) is 3.53. The quantitative estimate of drug-likeness (QED) is 0.718. The third-order valence-corrected chi connectivity index (χ3v) is 1.97. The number of para-hydroxylation sites is 1. The third-order valence-electron chi connectivity index (χ3n) is 1.97. The second-order valence-corrected chi connectivity index (χ2v) is 3.53. The van der Waals surface area contributed by atoms with Gasteiger partial charge in [0, 0.05) is 12.7 Å². The summed E-state index contributed by atoms with van der Waals surface area (Å²) in [5.74, 6) is 0.0983. The van der Waals surface area contributed by atoms with E-state index in [0.717, 1.165) is 5.69 Å². The van der Waals surface area contributed by atoms with Crippen molar-refractivity contribution in [3.8, 4) is 0 Å². The SMILES string of the molecule is CN(C)CC(=O)N(C)c1ccccc1. The Hall–Kier alpha value is -1.35. The number of carbonyl (C=O) groups excluding carboxylic acids is 1. The van der Waals surface area contributed by atoms with E-state index in [9.17, 15) is 4.79 Å². The number of benzene rings is 1. The number of anilines is 1. The number of amides is 1. The highest BCUT2D eigenvalue weighted by molar-refractivity contribution is 5.94. The zero-order valence-electron chi connectivity index (χ0n) is 8.90. The van der Waals surface area contributed by atoms with E-state index in [4.69, 9.17) is 0 Å². The molecular formula is C11H16N2O. The molecule has 0 aliphatic carbocycles. The summed E-state index contributed by atoms with van der Waals surface area (Å²) >= 11 is 0. The average molecular weight is 192 g/mol. The van der Waals surface area contributed by atoms with Gasteiger partial charge in [-0.25, -0.2) is 0 Å². The minimum atomic E-state index is 0.0983.